The molecule has 2 aromatic carbocycles. The summed E-state index contributed by atoms with van der Waals surface area (Å²) in [4.78, 5) is 12.2. The Labute approximate surface area is 155 Å². The van der Waals surface area contributed by atoms with Gasteiger partial charge in [-0.3, -0.25) is 4.79 Å². The molecular formula is C17H19BrN2O4S. The molecule has 0 saturated heterocycles. The topological polar surface area (TPSA) is 98.5 Å². The Kier molecular flexibility index (Phi) is 6.21. The van der Waals surface area contributed by atoms with E-state index in [1.807, 2.05) is 38.1 Å². The number of rotatable bonds is 6. The van der Waals surface area contributed by atoms with Crippen molar-refractivity contribution in [2.45, 2.75) is 31.4 Å². The summed E-state index contributed by atoms with van der Waals surface area (Å²) in [6.45, 7) is 4.19. The summed E-state index contributed by atoms with van der Waals surface area (Å²) < 4.78 is 28.9. The zero-order valence-electron chi connectivity index (χ0n) is 13.8. The van der Waals surface area contributed by atoms with Crippen LogP contribution in [0.25, 0.3) is 0 Å². The molecule has 0 radical (unpaired) electrons. The normalized spacial score (nSPS) is 11.4. The Hall–Kier alpha value is -1.90. The molecule has 0 heterocycles. The van der Waals surface area contributed by atoms with Gasteiger partial charge in [0.15, 0.2) is 0 Å². The number of hydrogen-bond donors (Lipinski definition) is 2. The van der Waals surface area contributed by atoms with Gasteiger partial charge in [0.25, 0.3) is 5.91 Å². The van der Waals surface area contributed by atoms with Crippen LogP contribution in [0.1, 0.15) is 29.8 Å². The molecule has 0 spiro atoms. The van der Waals surface area contributed by atoms with Crippen molar-refractivity contribution in [3.63, 3.8) is 0 Å². The zero-order valence-corrected chi connectivity index (χ0v) is 16.2. The third-order valence-electron chi connectivity index (χ3n) is 3.26. The number of carbonyl (C=O) groups excluding carboxylic acids is 1. The van der Waals surface area contributed by atoms with Gasteiger partial charge >= 0.3 is 0 Å². The number of benzene rings is 2. The van der Waals surface area contributed by atoms with E-state index in [2.05, 4.69) is 21.2 Å². The molecular weight excluding hydrogens is 408 g/mol. The van der Waals surface area contributed by atoms with Gasteiger partial charge in [-0.2, -0.15) is 0 Å². The lowest BCUT2D eigenvalue weighted by atomic mass is 10.2. The van der Waals surface area contributed by atoms with Crippen LogP contribution in [0.3, 0.4) is 0 Å². The summed E-state index contributed by atoms with van der Waals surface area (Å²) in [5, 5.41) is 7.85. The third kappa shape index (κ3) is 5.55. The number of amides is 1. The highest BCUT2D eigenvalue weighted by atomic mass is 79.9. The summed E-state index contributed by atoms with van der Waals surface area (Å²) in [5.74, 6) is 0.355. The standard InChI is InChI=1S/C17H19BrN2O4S/c1-11(2)24-13-5-3-12(4-6-13)10-20-17(21)15-9-14(25(19,22)23)7-8-16(15)18/h3-9,11H,10H2,1-2H3,(H,20,21)(H2,19,22,23). The summed E-state index contributed by atoms with van der Waals surface area (Å²) in [7, 11) is -3.87. The van der Waals surface area contributed by atoms with E-state index in [4.69, 9.17) is 9.88 Å². The van der Waals surface area contributed by atoms with Crippen LogP contribution in [-0.4, -0.2) is 20.4 Å². The average molecular weight is 427 g/mol. The molecule has 0 fully saturated rings. The van der Waals surface area contributed by atoms with E-state index in [-0.39, 0.29) is 16.6 Å². The fourth-order valence-corrected chi connectivity index (χ4v) is 3.06. The highest BCUT2D eigenvalue weighted by Crippen LogP contribution is 2.21. The van der Waals surface area contributed by atoms with E-state index in [0.717, 1.165) is 11.3 Å². The first-order valence-corrected chi connectivity index (χ1v) is 9.87. The van der Waals surface area contributed by atoms with Crippen LogP contribution in [0.15, 0.2) is 51.8 Å². The molecule has 0 unspecified atom stereocenters. The van der Waals surface area contributed by atoms with Gasteiger partial charge in [-0.25, -0.2) is 13.6 Å². The molecule has 1 amide bonds. The maximum absolute atomic E-state index is 12.3. The molecule has 6 nitrogen and oxygen atoms in total. The number of ether oxygens (including phenoxy) is 1. The molecule has 134 valence electrons. The average Bonchev–Trinajstić information content (AvgIpc) is 2.52. The van der Waals surface area contributed by atoms with Crippen molar-refractivity contribution < 1.29 is 17.9 Å². The maximum Gasteiger partial charge on any atom is 0.252 e. The molecule has 0 aliphatic carbocycles. The lowest BCUT2D eigenvalue weighted by molar-refractivity contribution is 0.0950. The Morgan fingerprint density at radius 3 is 2.40 bits per heavy atom. The predicted molar refractivity (Wildman–Crippen MR) is 98.9 cm³/mol. The van der Waals surface area contributed by atoms with Crippen molar-refractivity contribution in [2.75, 3.05) is 0 Å². The Morgan fingerprint density at radius 2 is 1.84 bits per heavy atom. The smallest absolute Gasteiger partial charge is 0.252 e. The second-order valence-electron chi connectivity index (χ2n) is 5.68. The monoisotopic (exact) mass is 426 g/mol. The zero-order chi connectivity index (χ0) is 18.6. The van der Waals surface area contributed by atoms with Gasteiger partial charge in [0.05, 0.1) is 16.6 Å². The molecule has 3 N–H and O–H groups in total. The van der Waals surface area contributed by atoms with Gasteiger partial charge in [-0.05, 0) is 65.7 Å². The van der Waals surface area contributed by atoms with Crippen molar-refractivity contribution in [1.82, 2.24) is 5.32 Å². The number of hydrogen-bond acceptors (Lipinski definition) is 4. The highest BCUT2D eigenvalue weighted by Gasteiger charge is 2.15. The van der Waals surface area contributed by atoms with Crippen LogP contribution >= 0.6 is 15.9 Å². The number of halogens is 1. The third-order valence-corrected chi connectivity index (χ3v) is 4.86. The van der Waals surface area contributed by atoms with Crippen molar-refractivity contribution in [2.24, 2.45) is 5.14 Å². The number of carbonyl (C=O) groups is 1. The first-order chi connectivity index (χ1) is 11.7. The fraction of sp³-hybridized carbons (Fsp3) is 0.235. The van der Waals surface area contributed by atoms with Gasteiger partial charge in [-0.1, -0.05) is 12.1 Å². The SMILES string of the molecule is CC(C)Oc1ccc(CNC(=O)c2cc(S(N)(=O)=O)ccc2Br)cc1. The highest BCUT2D eigenvalue weighted by molar-refractivity contribution is 9.10. The molecule has 2 rings (SSSR count). The van der Waals surface area contributed by atoms with Gasteiger partial charge < -0.3 is 10.1 Å². The van der Waals surface area contributed by atoms with Crippen LogP contribution in [0.5, 0.6) is 5.75 Å². The van der Waals surface area contributed by atoms with Gasteiger partial charge in [0.1, 0.15) is 5.75 Å². The van der Waals surface area contributed by atoms with E-state index in [9.17, 15) is 13.2 Å². The minimum absolute atomic E-state index is 0.0917. The molecule has 0 aliphatic rings. The fourth-order valence-electron chi connectivity index (χ4n) is 2.09. The number of nitrogens with one attached hydrogen (secondary N) is 1. The predicted octanol–water partition coefficient (Wildman–Crippen LogP) is 2.81. The Morgan fingerprint density at radius 1 is 1.20 bits per heavy atom. The second kappa shape index (κ2) is 7.99. The van der Waals surface area contributed by atoms with Crippen molar-refractivity contribution in [3.05, 3.63) is 58.1 Å². The van der Waals surface area contributed by atoms with Gasteiger partial charge in [-0.15, -0.1) is 0 Å². The summed E-state index contributed by atoms with van der Waals surface area (Å²) >= 11 is 3.24. The second-order valence-corrected chi connectivity index (χ2v) is 8.10. The first-order valence-electron chi connectivity index (χ1n) is 7.53. The molecule has 8 heteroatoms. The largest absolute Gasteiger partial charge is 0.491 e. The van der Waals surface area contributed by atoms with E-state index >= 15 is 0 Å². The van der Waals surface area contributed by atoms with E-state index in [0.29, 0.717) is 11.0 Å². The van der Waals surface area contributed by atoms with E-state index < -0.39 is 15.9 Å². The van der Waals surface area contributed by atoms with Crippen LogP contribution in [-0.2, 0) is 16.6 Å². The van der Waals surface area contributed by atoms with E-state index in [1.165, 1.54) is 18.2 Å². The quantitative estimate of drug-likeness (QED) is 0.741. The summed E-state index contributed by atoms with van der Waals surface area (Å²) in [6.07, 6.45) is 0.0917. The van der Waals surface area contributed by atoms with Gasteiger partial charge in [0.2, 0.25) is 10.0 Å². The summed E-state index contributed by atoms with van der Waals surface area (Å²) in [5.41, 5.74) is 1.09. The van der Waals surface area contributed by atoms with Crippen molar-refractivity contribution >= 4 is 31.9 Å². The van der Waals surface area contributed by atoms with Crippen LogP contribution < -0.4 is 15.2 Å². The molecule has 25 heavy (non-hydrogen) atoms. The summed E-state index contributed by atoms with van der Waals surface area (Å²) in [6, 6.07) is 11.4. The minimum Gasteiger partial charge on any atom is -0.491 e. The first kappa shape index (κ1) is 19.4. The maximum atomic E-state index is 12.3. The van der Waals surface area contributed by atoms with Crippen molar-refractivity contribution in [1.29, 1.82) is 0 Å². The molecule has 0 aromatic heterocycles. The van der Waals surface area contributed by atoms with Crippen LogP contribution in [0, 0.1) is 0 Å². The van der Waals surface area contributed by atoms with E-state index in [1.54, 1.807) is 0 Å². The molecule has 0 saturated carbocycles. The number of primary sulfonamides is 1. The lowest BCUT2D eigenvalue weighted by Crippen LogP contribution is -2.24. The molecule has 2 aromatic rings. The van der Waals surface area contributed by atoms with Crippen LogP contribution in [0.4, 0.5) is 0 Å². The Bertz CT molecular complexity index is 865. The lowest BCUT2D eigenvalue weighted by Gasteiger charge is -2.11. The molecule has 0 bridgehead atoms. The van der Waals surface area contributed by atoms with Crippen molar-refractivity contribution in [3.8, 4) is 5.75 Å². The molecule has 0 atom stereocenters. The molecule has 0 aliphatic heterocycles. The number of nitrogens with two attached hydrogens (primary N) is 1. The minimum atomic E-state index is -3.87. The Balaban J connectivity index is 2.07. The van der Waals surface area contributed by atoms with Crippen LogP contribution in [0.2, 0.25) is 0 Å². The number of sulfonamides is 1. The van der Waals surface area contributed by atoms with Gasteiger partial charge in [0, 0.05) is 11.0 Å².